The number of carboxylic acid groups (broad SMARTS) is 1. The van der Waals surface area contributed by atoms with E-state index in [4.69, 9.17) is 5.11 Å². The van der Waals surface area contributed by atoms with E-state index in [0.29, 0.717) is 42.2 Å². The van der Waals surface area contributed by atoms with Gasteiger partial charge >= 0.3 is 12.0 Å². The maximum atomic E-state index is 12.5. The van der Waals surface area contributed by atoms with Gasteiger partial charge in [-0.3, -0.25) is 19.3 Å². The molecular weight excluding hydrogens is 338 g/mol. The number of hydrogen-bond donors (Lipinski definition) is 2. The highest BCUT2D eigenvalue weighted by molar-refractivity contribution is 6.21. The van der Waals surface area contributed by atoms with Crippen molar-refractivity contribution in [2.24, 2.45) is 11.8 Å². The van der Waals surface area contributed by atoms with Gasteiger partial charge in [-0.2, -0.15) is 0 Å². The van der Waals surface area contributed by atoms with E-state index >= 15 is 0 Å². The van der Waals surface area contributed by atoms with Gasteiger partial charge in [0.1, 0.15) is 0 Å². The first-order chi connectivity index (χ1) is 12.4. The summed E-state index contributed by atoms with van der Waals surface area (Å²) in [6, 6.07) is 4.26. The fourth-order valence-electron chi connectivity index (χ4n) is 3.44. The smallest absolute Gasteiger partial charge is 0.321 e. The number of fused-ring (bicyclic) bond motifs is 1. The zero-order valence-corrected chi connectivity index (χ0v) is 14.1. The van der Waals surface area contributed by atoms with Gasteiger partial charge in [0.2, 0.25) is 0 Å². The van der Waals surface area contributed by atoms with E-state index in [1.54, 1.807) is 12.1 Å². The molecule has 3 aliphatic rings. The Morgan fingerprint density at radius 2 is 1.85 bits per heavy atom. The van der Waals surface area contributed by atoms with Crippen LogP contribution in [0.3, 0.4) is 0 Å². The van der Waals surface area contributed by atoms with Crippen LogP contribution in [-0.2, 0) is 4.79 Å². The summed E-state index contributed by atoms with van der Waals surface area (Å²) in [5.74, 6) is -1.64. The lowest BCUT2D eigenvalue weighted by Crippen LogP contribution is -2.33. The number of amides is 4. The average Bonchev–Trinajstić information content (AvgIpc) is 3.23. The monoisotopic (exact) mass is 357 g/mol. The number of carboxylic acids is 1. The Morgan fingerprint density at radius 1 is 1.12 bits per heavy atom. The zero-order valence-electron chi connectivity index (χ0n) is 14.1. The zero-order chi connectivity index (χ0) is 18.4. The topological polar surface area (TPSA) is 107 Å². The van der Waals surface area contributed by atoms with Crippen LogP contribution in [0, 0.1) is 11.8 Å². The molecule has 2 aliphatic heterocycles. The molecule has 2 heterocycles. The number of nitrogens with one attached hydrogen (secondary N) is 1. The third-order valence-corrected chi connectivity index (χ3v) is 5.18. The van der Waals surface area contributed by atoms with Crippen LogP contribution < -0.4 is 5.32 Å². The Balaban J connectivity index is 1.46. The molecule has 136 valence electrons. The third kappa shape index (κ3) is 2.91. The quantitative estimate of drug-likeness (QED) is 0.797. The molecule has 4 amide bonds. The molecule has 0 radical (unpaired) electrons. The summed E-state index contributed by atoms with van der Waals surface area (Å²) in [7, 11) is 0. The first-order valence-corrected chi connectivity index (χ1v) is 8.73. The minimum atomic E-state index is -0.905. The first-order valence-electron chi connectivity index (χ1n) is 8.73. The molecule has 1 aliphatic carbocycles. The molecule has 1 saturated carbocycles. The lowest BCUT2D eigenvalue weighted by molar-refractivity contribution is -0.141. The second kappa shape index (κ2) is 6.12. The molecule has 1 aromatic carbocycles. The number of likely N-dealkylation sites (tertiary alicyclic amines) is 1. The normalized spacial score (nSPS) is 21.9. The van der Waals surface area contributed by atoms with Crippen LogP contribution in [-0.4, -0.2) is 58.4 Å². The molecule has 1 unspecified atom stereocenters. The van der Waals surface area contributed by atoms with Gasteiger partial charge in [0.05, 0.1) is 17.0 Å². The van der Waals surface area contributed by atoms with Gasteiger partial charge in [0.15, 0.2) is 0 Å². The standard InChI is InChI=1S/C18H19N3O5/c22-15-13-4-3-12(7-14(13)16(23)21(15)8-10-1-2-10)19-18(26)20-6-5-11(9-20)17(24)25/h3-4,7,10-11H,1-2,5-6,8-9H2,(H,19,26)(H,24,25). The molecule has 26 heavy (non-hydrogen) atoms. The van der Waals surface area contributed by atoms with Crippen molar-refractivity contribution in [2.45, 2.75) is 19.3 Å². The lowest BCUT2D eigenvalue weighted by atomic mass is 10.1. The van der Waals surface area contributed by atoms with Crippen molar-refractivity contribution in [2.75, 3.05) is 25.0 Å². The van der Waals surface area contributed by atoms with Crippen molar-refractivity contribution in [1.29, 1.82) is 0 Å². The van der Waals surface area contributed by atoms with E-state index < -0.39 is 17.9 Å². The van der Waals surface area contributed by atoms with E-state index in [2.05, 4.69) is 5.32 Å². The highest BCUT2D eigenvalue weighted by atomic mass is 16.4. The summed E-state index contributed by atoms with van der Waals surface area (Å²) in [4.78, 5) is 50.9. The molecule has 2 fully saturated rings. The Hall–Kier alpha value is -2.90. The number of rotatable bonds is 4. The van der Waals surface area contributed by atoms with Crippen molar-refractivity contribution in [1.82, 2.24) is 9.80 Å². The van der Waals surface area contributed by atoms with Gasteiger partial charge in [-0.25, -0.2) is 4.79 Å². The van der Waals surface area contributed by atoms with Crippen LogP contribution in [0.2, 0.25) is 0 Å². The molecule has 2 N–H and O–H groups in total. The summed E-state index contributed by atoms with van der Waals surface area (Å²) in [5, 5.41) is 11.7. The van der Waals surface area contributed by atoms with Crippen molar-refractivity contribution in [3.8, 4) is 0 Å². The molecule has 0 spiro atoms. The number of nitrogens with zero attached hydrogens (tertiary/aromatic N) is 2. The predicted octanol–water partition coefficient (Wildman–Crippen LogP) is 1.63. The summed E-state index contributed by atoms with van der Waals surface area (Å²) in [6.07, 6.45) is 2.51. The van der Waals surface area contributed by atoms with Crippen molar-refractivity contribution >= 4 is 29.5 Å². The second-order valence-corrected chi connectivity index (χ2v) is 7.12. The van der Waals surface area contributed by atoms with E-state index in [0.717, 1.165) is 12.8 Å². The van der Waals surface area contributed by atoms with Crippen molar-refractivity contribution in [3.63, 3.8) is 0 Å². The fourth-order valence-corrected chi connectivity index (χ4v) is 3.44. The van der Waals surface area contributed by atoms with Gasteiger partial charge < -0.3 is 15.3 Å². The summed E-state index contributed by atoms with van der Waals surface area (Å²) in [6.45, 7) is 0.997. The maximum Gasteiger partial charge on any atom is 0.321 e. The number of hydrogen-bond acceptors (Lipinski definition) is 4. The number of urea groups is 1. The Kier molecular flexibility index (Phi) is 3.90. The molecule has 8 heteroatoms. The van der Waals surface area contributed by atoms with Crippen LogP contribution in [0.25, 0.3) is 0 Å². The highest BCUT2D eigenvalue weighted by Gasteiger charge is 2.39. The number of imide groups is 1. The van der Waals surface area contributed by atoms with E-state index in [-0.39, 0.29) is 18.4 Å². The fraction of sp³-hybridized carbons (Fsp3) is 0.444. The Bertz CT molecular complexity index is 817. The highest BCUT2D eigenvalue weighted by Crippen LogP contribution is 2.33. The van der Waals surface area contributed by atoms with Crippen LogP contribution >= 0.6 is 0 Å². The lowest BCUT2D eigenvalue weighted by Gasteiger charge is -2.17. The van der Waals surface area contributed by atoms with E-state index in [9.17, 15) is 19.2 Å². The van der Waals surface area contributed by atoms with Crippen LogP contribution in [0.1, 0.15) is 40.0 Å². The van der Waals surface area contributed by atoms with Crippen LogP contribution in [0.4, 0.5) is 10.5 Å². The first kappa shape index (κ1) is 16.6. The number of carbonyl (C=O) groups is 4. The third-order valence-electron chi connectivity index (χ3n) is 5.18. The van der Waals surface area contributed by atoms with E-state index in [1.807, 2.05) is 0 Å². The second-order valence-electron chi connectivity index (χ2n) is 7.12. The molecule has 0 aromatic heterocycles. The number of aliphatic carboxylic acids is 1. The maximum absolute atomic E-state index is 12.5. The number of benzene rings is 1. The molecule has 8 nitrogen and oxygen atoms in total. The summed E-state index contributed by atoms with van der Waals surface area (Å²) in [5.41, 5.74) is 1.08. The Morgan fingerprint density at radius 3 is 2.50 bits per heavy atom. The number of anilines is 1. The van der Waals surface area contributed by atoms with Crippen LogP contribution in [0.15, 0.2) is 18.2 Å². The van der Waals surface area contributed by atoms with Gasteiger partial charge in [0.25, 0.3) is 11.8 Å². The van der Waals surface area contributed by atoms with Crippen molar-refractivity contribution < 1.29 is 24.3 Å². The molecular formula is C18H19N3O5. The van der Waals surface area contributed by atoms with Gasteiger partial charge in [-0.05, 0) is 43.4 Å². The molecule has 1 aromatic rings. The van der Waals surface area contributed by atoms with Gasteiger partial charge in [-0.15, -0.1) is 0 Å². The number of carbonyl (C=O) groups excluding carboxylic acids is 3. The van der Waals surface area contributed by atoms with E-state index in [1.165, 1.54) is 15.9 Å². The summed E-state index contributed by atoms with van der Waals surface area (Å²) >= 11 is 0. The molecule has 4 rings (SSSR count). The minimum absolute atomic E-state index is 0.165. The largest absolute Gasteiger partial charge is 0.481 e. The predicted molar refractivity (Wildman–Crippen MR) is 90.9 cm³/mol. The SMILES string of the molecule is O=C(O)C1CCN(C(=O)Nc2ccc3c(c2)C(=O)N(CC2CC2)C3=O)C1. The minimum Gasteiger partial charge on any atom is -0.481 e. The Labute approximate surface area is 149 Å². The molecule has 1 saturated heterocycles. The average molecular weight is 357 g/mol. The molecule has 1 atom stereocenters. The van der Waals surface area contributed by atoms with Gasteiger partial charge in [0, 0.05) is 25.3 Å². The van der Waals surface area contributed by atoms with Gasteiger partial charge in [-0.1, -0.05) is 0 Å². The van der Waals surface area contributed by atoms with Crippen LogP contribution in [0.5, 0.6) is 0 Å². The molecule has 0 bridgehead atoms. The van der Waals surface area contributed by atoms with Crippen molar-refractivity contribution in [3.05, 3.63) is 29.3 Å². The summed E-state index contributed by atoms with van der Waals surface area (Å²) < 4.78 is 0.